The molecule has 0 spiro atoms. The zero-order chi connectivity index (χ0) is 18.5. The highest BCUT2D eigenvalue weighted by molar-refractivity contribution is 6.29. The first kappa shape index (κ1) is 18.1. The summed E-state index contributed by atoms with van der Waals surface area (Å²) in [7, 11) is 0. The van der Waals surface area contributed by atoms with Crippen molar-refractivity contribution in [2.75, 3.05) is 5.32 Å². The Labute approximate surface area is 158 Å². The SMILES string of the molecule is Cc1cccc(C(=O)Nc2cccc([C@@H](C)Cc3cncc(Cl)n3)c2)c1. The topological polar surface area (TPSA) is 54.9 Å². The molecule has 0 aliphatic rings. The van der Waals surface area contributed by atoms with Crippen molar-refractivity contribution in [3.8, 4) is 0 Å². The van der Waals surface area contributed by atoms with Gasteiger partial charge in [0.15, 0.2) is 0 Å². The third-order valence-corrected chi connectivity index (χ3v) is 4.35. The minimum atomic E-state index is -0.112. The zero-order valence-electron chi connectivity index (χ0n) is 14.7. The van der Waals surface area contributed by atoms with Crippen molar-refractivity contribution in [1.29, 1.82) is 0 Å². The number of nitrogens with one attached hydrogen (secondary N) is 1. The number of carbonyl (C=O) groups excluding carboxylic acids is 1. The van der Waals surface area contributed by atoms with Crippen molar-refractivity contribution < 1.29 is 4.79 Å². The van der Waals surface area contributed by atoms with E-state index in [2.05, 4.69) is 22.2 Å². The van der Waals surface area contributed by atoms with Gasteiger partial charge < -0.3 is 5.32 Å². The van der Waals surface area contributed by atoms with Crippen molar-refractivity contribution in [3.05, 3.63) is 88.5 Å². The zero-order valence-corrected chi connectivity index (χ0v) is 15.5. The van der Waals surface area contributed by atoms with Crippen LogP contribution in [0.1, 0.15) is 40.0 Å². The summed E-state index contributed by atoms with van der Waals surface area (Å²) in [4.78, 5) is 20.8. The molecule has 0 radical (unpaired) electrons. The maximum Gasteiger partial charge on any atom is 0.255 e. The van der Waals surface area contributed by atoms with Gasteiger partial charge in [-0.3, -0.25) is 9.78 Å². The van der Waals surface area contributed by atoms with Crippen molar-refractivity contribution in [2.24, 2.45) is 0 Å². The van der Waals surface area contributed by atoms with E-state index in [1.807, 2.05) is 55.5 Å². The Morgan fingerprint density at radius 2 is 1.96 bits per heavy atom. The number of amides is 1. The number of halogens is 1. The third kappa shape index (κ3) is 4.67. The molecule has 0 aliphatic heterocycles. The number of rotatable bonds is 5. The average molecular weight is 366 g/mol. The minimum Gasteiger partial charge on any atom is -0.322 e. The predicted octanol–water partition coefficient (Wildman–Crippen LogP) is 5.04. The summed E-state index contributed by atoms with van der Waals surface area (Å²) in [6.07, 6.45) is 3.98. The third-order valence-electron chi connectivity index (χ3n) is 4.16. The van der Waals surface area contributed by atoms with Crippen LogP contribution < -0.4 is 5.32 Å². The van der Waals surface area contributed by atoms with E-state index >= 15 is 0 Å². The van der Waals surface area contributed by atoms with E-state index in [0.717, 1.165) is 28.9 Å². The Morgan fingerprint density at radius 1 is 1.15 bits per heavy atom. The maximum absolute atomic E-state index is 12.4. The minimum absolute atomic E-state index is 0.112. The van der Waals surface area contributed by atoms with Crippen LogP contribution in [0.5, 0.6) is 0 Å². The standard InChI is InChI=1S/C21H20ClN3O/c1-14-5-3-7-17(9-14)21(26)25-18-8-4-6-16(11-18)15(2)10-19-12-23-13-20(22)24-19/h3-9,11-13,15H,10H2,1-2H3,(H,25,26)/t15-/m0/s1. The van der Waals surface area contributed by atoms with Gasteiger partial charge in [-0.1, -0.05) is 48.4 Å². The Morgan fingerprint density at radius 3 is 2.73 bits per heavy atom. The Bertz CT molecular complexity index is 926. The van der Waals surface area contributed by atoms with E-state index < -0.39 is 0 Å². The lowest BCUT2D eigenvalue weighted by atomic mass is 9.96. The number of anilines is 1. The molecule has 0 saturated carbocycles. The summed E-state index contributed by atoms with van der Waals surface area (Å²) >= 11 is 5.91. The van der Waals surface area contributed by atoms with E-state index in [1.165, 1.54) is 6.20 Å². The van der Waals surface area contributed by atoms with Gasteiger partial charge >= 0.3 is 0 Å². The van der Waals surface area contributed by atoms with Crippen molar-refractivity contribution in [1.82, 2.24) is 9.97 Å². The summed E-state index contributed by atoms with van der Waals surface area (Å²) in [5.41, 5.74) is 4.45. The molecule has 0 saturated heterocycles. The molecule has 132 valence electrons. The number of carbonyl (C=O) groups is 1. The second-order valence-electron chi connectivity index (χ2n) is 6.39. The molecule has 3 rings (SSSR count). The predicted molar refractivity (Wildman–Crippen MR) is 105 cm³/mol. The second kappa shape index (κ2) is 8.11. The lowest BCUT2D eigenvalue weighted by molar-refractivity contribution is 0.102. The van der Waals surface area contributed by atoms with Crippen LogP contribution in [0.3, 0.4) is 0 Å². The van der Waals surface area contributed by atoms with Gasteiger partial charge in [-0.05, 0) is 49.1 Å². The van der Waals surface area contributed by atoms with Gasteiger partial charge in [0.05, 0.1) is 11.9 Å². The van der Waals surface area contributed by atoms with E-state index in [1.54, 1.807) is 6.20 Å². The van der Waals surface area contributed by atoms with Gasteiger partial charge in [-0.2, -0.15) is 0 Å². The monoisotopic (exact) mass is 365 g/mol. The summed E-state index contributed by atoms with van der Waals surface area (Å²) < 4.78 is 0. The van der Waals surface area contributed by atoms with Gasteiger partial charge in [0, 0.05) is 17.4 Å². The van der Waals surface area contributed by atoms with Crippen molar-refractivity contribution in [2.45, 2.75) is 26.2 Å². The first-order chi connectivity index (χ1) is 12.5. The van der Waals surface area contributed by atoms with Crippen LogP contribution in [-0.2, 0) is 6.42 Å². The normalized spacial score (nSPS) is 11.8. The summed E-state index contributed by atoms with van der Waals surface area (Å²) in [5, 5.41) is 3.36. The highest BCUT2D eigenvalue weighted by Crippen LogP contribution is 2.23. The maximum atomic E-state index is 12.4. The van der Waals surface area contributed by atoms with E-state index in [4.69, 9.17) is 11.6 Å². The van der Waals surface area contributed by atoms with Crippen molar-refractivity contribution >= 4 is 23.2 Å². The van der Waals surface area contributed by atoms with Crippen LogP contribution in [-0.4, -0.2) is 15.9 Å². The van der Waals surface area contributed by atoms with Gasteiger partial charge in [0.1, 0.15) is 5.15 Å². The second-order valence-corrected chi connectivity index (χ2v) is 6.77. The first-order valence-electron chi connectivity index (χ1n) is 8.45. The molecule has 0 unspecified atom stereocenters. The number of aryl methyl sites for hydroxylation is 1. The van der Waals surface area contributed by atoms with Crippen LogP contribution in [0.25, 0.3) is 0 Å². The van der Waals surface area contributed by atoms with Gasteiger partial charge in [-0.25, -0.2) is 4.98 Å². The van der Waals surface area contributed by atoms with Crippen LogP contribution in [0.15, 0.2) is 60.9 Å². The molecule has 4 nitrogen and oxygen atoms in total. The van der Waals surface area contributed by atoms with Crippen molar-refractivity contribution in [3.63, 3.8) is 0 Å². The van der Waals surface area contributed by atoms with Crippen LogP contribution >= 0.6 is 11.6 Å². The van der Waals surface area contributed by atoms with Crippen LogP contribution in [0.2, 0.25) is 5.15 Å². The molecule has 3 aromatic rings. The summed E-state index contributed by atoms with van der Waals surface area (Å²) in [6, 6.07) is 15.4. The molecule has 1 atom stereocenters. The fraction of sp³-hybridized carbons (Fsp3) is 0.190. The number of benzene rings is 2. The van der Waals surface area contributed by atoms with Crippen LogP contribution in [0.4, 0.5) is 5.69 Å². The Balaban J connectivity index is 1.72. The first-order valence-corrected chi connectivity index (χ1v) is 8.83. The Hall–Kier alpha value is -2.72. The summed E-state index contributed by atoms with van der Waals surface area (Å²) in [6.45, 7) is 4.09. The molecule has 1 amide bonds. The number of nitrogens with zero attached hydrogens (tertiary/aromatic N) is 2. The Kier molecular flexibility index (Phi) is 5.64. The average Bonchev–Trinajstić information content (AvgIpc) is 2.62. The largest absolute Gasteiger partial charge is 0.322 e. The molecular weight excluding hydrogens is 346 g/mol. The fourth-order valence-corrected chi connectivity index (χ4v) is 2.99. The highest BCUT2D eigenvalue weighted by Gasteiger charge is 2.11. The molecule has 1 N–H and O–H groups in total. The number of hydrogen-bond donors (Lipinski definition) is 1. The molecule has 5 heteroatoms. The highest BCUT2D eigenvalue weighted by atomic mass is 35.5. The molecule has 1 aromatic heterocycles. The number of hydrogen-bond acceptors (Lipinski definition) is 3. The molecule has 1 heterocycles. The van der Waals surface area contributed by atoms with Crippen LogP contribution in [0, 0.1) is 6.92 Å². The van der Waals surface area contributed by atoms with E-state index in [9.17, 15) is 4.79 Å². The molecular formula is C21H20ClN3O. The van der Waals surface area contributed by atoms with Gasteiger partial charge in [0.25, 0.3) is 5.91 Å². The van der Waals surface area contributed by atoms with Gasteiger partial charge in [-0.15, -0.1) is 0 Å². The summed E-state index contributed by atoms with van der Waals surface area (Å²) in [5.74, 6) is 0.109. The number of aromatic nitrogens is 2. The fourth-order valence-electron chi connectivity index (χ4n) is 2.82. The molecule has 2 aromatic carbocycles. The van der Waals surface area contributed by atoms with Gasteiger partial charge in [0.2, 0.25) is 0 Å². The lowest BCUT2D eigenvalue weighted by Gasteiger charge is -2.13. The van der Waals surface area contributed by atoms with E-state index in [-0.39, 0.29) is 11.8 Å². The lowest BCUT2D eigenvalue weighted by Crippen LogP contribution is -2.12. The smallest absolute Gasteiger partial charge is 0.255 e. The molecule has 0 fully saturated rings. The molecule has 0 bridgehead atoms. The quantitative estimate of drug-likeness (QED) is 0.689. The van der Waals surface area contributed by atoms with E-state index in [0.29, 0.717) is 10.7 Å². The molecule has 26 heavy (non-hydrogen) atoms. The molecule has 0 aliphatic carbocycles.